The molecule has 1 amide bonds. The van der Waals surface area contributed by atoms with E-state index in [0.29, 0.717) is 19.5 Å². The summed E-state index contributed by atoms with van der Waals surface area (Å²) in [6, 6.07) is 7.80. The molecule has 3 rings (SSSR count). The van der Waals surface area contributed by atoms with Gasteiger partial charge in [-0.15, -0.1) is 0 Å². The number of anilines is 1. The zero-order chi connectivity index (χ0) is 15.6. The number of hydrogen-bond acceptors (Lipinski definition) is 3. The second kappa shape index (κ2) is 6.22. The number of benzene rings is 1. The van der Waals surface area contributed by atoms with Crippen molar-refractivity contribution in [3.05, 3.63) is 35.9 Å². The molecule has 1 saturated heterocycles. The number of amides is 1. The molecule has 6 heteroatoms. The highest BCUT2D eigenvalue weighted by atomic mass is 32.2. The van der Waals surface area contributed by atoms with Gasteiger partial charge in [0.1, 0.15) is 0 Å². The van der Waals surface area contributed by atoms with E-state index in [9.17, 15) is 13.2 Å². The zero-order valence-electron chi connectivity index (χ0n) is 12.4. The number of rotatable bonds is 3. The third-order valence-corrected chi connectivity index (χ3v) is 6.08. The molecule has 1 fully saturated rings. The molecule has 0 aliphatic carbocycles. The maximum atomic E-state index is 12.6. The summed E-state index contributed by atoms with van der Waals surface area (Å²) in [6.45, 7) is 1.46. The average Bonchev–Trinajstić information content (AvgIpc) is 2.72. The van der Waals surface area contributed by atoms with Crippen molar-refractivity contribution in [2.24, 2.45) is 0 Å². The largest absolute Gasteiger partial charge is 0.311 e. The molecule has 0 bridgehead atoms. The molecule has 0 atom stereocenters. The van der Waals surface area contributed by atoms with E-state index in [4.69, 9.17) is 0 Å². The van der Waals surface area contributed by atoms with E-state index in [0.717, 1.165) is 17.7 Å². The Bertz CT molecular complexity index is 697. The molecule has 118 valence electrons. The summed E-state index contributed by atoms with van der Waals surface area (Å²) in [6.07, 6.45) is 5.80. The summed E-state index contributed by atoms with van der Waals surface area (Å²) in [5.74, 6) is 0.191. The van der Waals surface area contributed by atoms with E-state index < -0.39 is 10.0 Å². The lowest BCUT2D eigenvalue weighted by Crippen LogP contribution is -2.35. The van der Waals surface area contributed by atoms with Crippen molar-refractivity contribution in [2.75, 3.05) is 30.3 Å². The SMILES string of the molecule is O=C(CCN1CCCS1(=O)=O)N1CCC=Cc2ccccc21. The van der Waals surface area contributed by atoms with Crippen LogP contribution in [0.3, 0.4) is 0 Å². The Morgan fingerprint density at radius 3 is 2.77 bits per heavy atom. The summed E-state index contributed by atoms with van der Waals surface area (Å²) < 4.78 is 25.0. The van der Waals surface area contributed by atoms with Crippen LogP contribution in [0.2, 0.25) is 0 Å². The minimum atomic E-state index is -3.13. The van der Waals surface area contributed by atoms with E-state index in [-0.39, 0.29) is 24.6 Å². The van der Waals surface area contributed by atoms with Crippen LogP contribution < -0.4 is 4.90 Å². The van der Waals surface area contributed by atoms with Crippen LogP contribution in [0, 0.1) is 0 Å². The number of nitrogens with zero attached hydrogens (tertiary/aromatic N) is 2. The lowest BCUT2D eigenvalue weighted by Gasteiger charge is -2.24. The Balaban J connectivity index is 1.71. The van der Waals surface area contributed by atoms with E-state index in [1.54, 1.807) is 4.90 Å². The van der Waals surface area contributed by atoms with E-state index >= 15 is 0 Å². The van der Waals surface area contributed by atoms with Crippen molar-refractivity contribution in [2.45, 2.75) is 19.3 Å². The number of carbonyl (C=O) groups excluding carboxylic acids is 1. The van der Waals surface area contributed by atoms with Gasteiger partial charge in [-0.2, -0.15) is 0 Å². The summed E-state index contributed by atoms with van der Waals surface area (Å²) in [4.78, 5) is 14.3. The Kier molecular flexibility index (Phi) is 4.31. The van der Waals surface area contributed by atoms with Crippen molar-refractivity contribution in [1.29, 1.82) is 0 Å². The van der Waals surface area contributed by atoms with E-state index in [1.807, 2.05) is 30.3 Å². The standard InChI is InChI=1S/C16H20N2O3S/c19-16(9-12-17-10-5-13-22(17,20)21)18-11-4-3-7-14-6-1-2-8-15(14)18/h1-3,6-8H,4-5,9-13H2. The second-order valence-electron chi connectivity index (χ2n) is 5.61. The van der Waals surface area contributed by atoms with Crippen LogP contribution in [0.25, 0.3) is 6.08 Å². The van der Waals surface area contributed by atoms with Crippen LogP contribution in [0.15, 0.2) is 30.3 Å². The van der Waals surface area contributed by atoms with Crippen molar-refractivity contribution < 1.29 is 13.2 Å². The van der Waals surface area contributed by atoms with Crippen LogP contribution in [0.5, 0.6) is 0 Å². The lowest BCUT2D eigenvalue weighted by atomic mass is 10.1. The van der Waals surface area contributed by atoms with Crippen molar-refractivity contribution in [3.63, 3.8) is 0 Å². The highest BCUT2D eigenvalue weighted by molar-refractivity contribution is 7.89. The van der Waals surface area contributed by atoms with Crippen LogP contribution in [-0.4, -0.2) is 44.0 Å². The first kappa shape index (κ1) is 15.2. The number of hydrogen-bond donors (Lipinski definition) is 0. The quantitative estimate of drug-likeness (QED) is 0.854. The first-order chi connectivity index (χ1) is 10.6. The lowest BCUT2D eigenvalue weighted by molar-refractivity contribution is -0.118. The first-order valence-corrected chi connectivity index (χ1v) is 9.22. The summed E-state index contributed by atoms with van der Waals surface area (Å²) in [7, 11) is -3.13. The van der Waals surface area contributed by atoms with Crippen LogP contribution in [-0.2, 0) is 14.8 Å². The zero-order valence-corrected chi connectivity index (χ0v) is 13.3. The third kappa shape index (κ3) is 3.08. The number of para-hydroxylation sites is 1. The topological polar surface area (TPSA) is 57.7 Å². The van der Waals surface area contributed by atoms with Gasteiger partial charge in [0.25, 0.3) is 0 Å². The molecule has 5 nitrogen and oxygen atoms in total. The minimum Gasteiger partial charge on any atom is -0.311 e. The molecule has 2 heterocycles. The van der Waals surface area contributed by atoms with E-state index in [1.165, 1.54) is 4.31 Å². The maximum Gasteiger partial charge on any atom is 0.228 e. The van der Waals surface area contributed by atoms with Gasteiger partial charge in [0.2, 0.25) is 15.9 Å². The first-order valence-electron chi connectivity index (χ1n) is 7.62. The highest BCUT2D eigenvalue weighted by Crippen LogP contribution is 2.26. The highest BCUT2D eigenvalue weighted by Gasteiger charge is 2.29. The van der Waals surface area contributed by atoms with Gasteiger partial charge in [-0.1, -0.05) is 30.4 Å². The van der Waals surface area contributed by atoms with Crippen LogP contribution in [0.4, 0.5) is 5.69 Å². The van der Waals surface area contributed by atoms with Gasteiger partial charge in [-0.25, -0.2) is 12.7 Å². The van der Waals surface area contributed by atoms with Gasteiger partial charge < -0.3 is 4.90 Å². The van der Waals surface area contributed by atoms with E-state index in [2.05, 4.69) is 6.08 Å². The molecule has 0 unspecified atom stereocenters. The van der Waals surface area contributed by atoms with Gasteiger partial charge in [0, 0.05) is 26.1 Å². The molecule has 2 aliphatic heterocycles. The monoisotopic (exact) mass is 320 g/mol. The smallest absolute Gasteiger partial charge is 0.228 e. The van der Waals surface area contributed by atoms with Gasteiger partial charge >= 0.3 is 0 Å². The number of fused-ring (bicyclic) bond motifs is 1. The van der Waals surface area contributed by atoms with Gasteiger partial charge in [0.05, 0.1) is 11.4 Å². The number of sulfonamides is 1. The fourth-order valence-corrected chi connectivity index (χ4v) is 4.49. The second-order valence-corrected chi connectivity index (χ2v) is 7.70. The normalized spacial score (nSPS) is 20.6. The van der Waals surface area contributed by atoms with Crippen molar-refractivity contribution >= 4 is 27.7 Å². The van der Waals surface area contributed by atoms with Crippen molar-refractivity contribution in [3.8, 4) is 0 Å². The molecule has 22 heavy (non-hydrogen) atoms. The summed E-state index contributed by atoms with van der Waals surface area (Å²) >= 11 is 0. The summed E-state index contributed by atoms with van der Waals surface area (Å²) in [5.41, 5.74) is 1.94. The van der Waals surface area contributed by atoms with Gasteiger partial charge in [0.15, 0.2) is 0 Å². The predicted octanol–water partition coefficient (Wildman–Crippen LogP) is 1.86. The third-order valence-electron chi connectivity index (χ3n) is 4.12. The predicted molar refractivity (Wildman–Crippen MR) is 87.0 cm³/mol. The summed E-state index contributed by atoms with van der Waals surface area (Å²) in [5, 5.41) is 0. The average molecular weight is 320 g/mol. The molecule has 0 aromatic heterocycles. The van der Waals surface area contributed by atoms with Gasteiger partial charge in [-0.05, 0) is 24.5 Å². The van der Waals surface area contributed by atoms with Crippen molar-refractivity contribution in [1.82, 2.24) is 4.31 Å². The fourth-order valence-electron chi connectivity index (χ4n) is 2.97. The molecular weight excluding hydrogens is 300 g/mol. The maximum absolute atomic E-state index is 12.6. The van der Waals surface area contributed by atoms with Crippen LogP contribution >= 0.6 is 0 Å². The molecule has 0 N–H and O–H groups in total. The molecule has 1 aromatic rings. The molecule has 0 radical (unpaired) electrons. The molecule has 1 aromatic carbocycles. The minimum absolute atomic E-state index is 0.0155. The molecule has 0 spiro atoms. The van der Waals surface area contributed by atoms with Gasteiger partial charge in [-0.3, -0.25) is 4.79 Å². The molecular formula is C16H20N2O3S. The van der Waals surface area contributed by atoms with Crippen LogP contribution in [0.1, 0.15) is 24.8 Å². The molecule has 0 saturated carbocycles. The Hall–Kier alpha value is -1.66. The number of carbonyl (C=O) groups is 1. The molecule has 2 aliphatic rings. The fraction of sp³-hybridized carbons (Fsp3) is 0.438. The Morgan fingerprint density at radius 1 is 1.18 bits per heavy atom. The Morgan fingerprint density at radius 2 is 2.00 bits per heavy atom. The Labute approximate surface area is 131 Å².